The van der Waals surface area contributed by atoms with Crippen LogP contribution in [-0.4, -0.2) is 37.4 Å². The third kappa shape index (κ3) is 7.13. The van der Waals surface area contributed by atoms with E-state index in [-0.39, 0.29) is 11.3 Å². The van der Waals surface area contributed by atoms with Gasteiger partial charge in [0.25, 0.3) is 11.8 Å². The molecule has 0 saturated heterocycles. The van der Waals surface area contributed by atoms with Gasteiger partial charge in [0.15, 0.2) is 6.10 Å². The number of amides is 3. The molecule has 3 aromatic carbocycles. The number of carbonyl (C=O) groups excluding carboxylic acids is 3. The number of hydrogen-bond donors (Lipinski definition) is 2. The Morgan fingerprint density at radius 3 is 2.19 bits per heavy atom. The summed E-state index contributed by atoms with van der Waals surface area (Å²) in [5, 5.41) is 5.26. The molecular formula is C27H26BrF2N3O4. The number of ether oxygens (including phenoxy) is 1. The minimum atomic E-state index is -1.02. The van der Waals surface area contributed by atoms with Crippen molar-refractivity contribution < 1.29 is 27.9 Å². The summed E-state index contributed by atoms with van der Waals surface area (Å²) >= 11 is 3.41. The molecule has 3 rings (SSSR count). The molecule has 7 nitrogen and oxygen atoms in total. The van der Waals surface area contributed by atoms with E-state index in [9.17, 15) is 23.2 Å². The van der Waals surface area contributed by atoms with Gasteiger partial charge >= 0.3 is 0 Å². The van der Waals surface area contributed by atoms with Crippen LogP contribution in [-0.2, 0) is 9.59 Å². The van der Waals surface area contributed by atoms with Crippen LogP contribution in [0.25, 0.3) is 0 Å². The molecule has 3 aromatic rings. The maximum atomic E-state index is 14.0. The largest absolute Gasteiger partial charge is 0.480 e. The Kier molecular flexibility index (Phi) is 8.99. The van der Waals surface area contributed by atoms with Gasteiger partial charge < -0.3 is 20.3 Å². The number of carbonyl (C=O) groups is 3. The smallest absolute Gasteiger partial charge is 0.265 e. The van der Waals surface area contributed by atoms with Crippen molar-refractivity contribution in [2.45, 2.75) is 26.9 Å². The summed E-state index contributed by atoms with van der Waals surface area (Å²) in [5.41, 5.74) is 2.61. The molecule has 2 N–H and O–H groups in total. The van der Waals surface area contributed by atoms with Crippen molar-refractivity contribution in [3.8, 4) is 5.75 Å². The lowest BCUT2D eigenvalue weighted by molar-refractivity contribution is -0.122. The van der Waals surface area contributed by atoms with Crippen LogP contribution in [0.5, 0.6) is 5.75 Å². The Bertz CT molecular complexity index is 1310. The predicted octanol–water partition coefficient (Wildman–Crippen LogP) is 5.14. The normalized spacial score (nSPS) is 11.4. The van der Waals surface area contributed by atoms with Crippen molar-refractivity contribution in [2.75, 3.05) is 23.8 Å². The maximum absolute atomic E-state index is 14.0. The van der Waals surface area contributed by atoms with Gasteiger partial charge in [-0.15, -0.1) is 0 Å². The van der Waals surface area contributed by atoms with Crippen molar-refractivity contribution >= 4 is 45.0 Å². The fraction of sp³-hybridized carbons (Fsp3) is 0.222. The van der Waals surface area contributed by atoms with Crippen molar-refractivity contribution in [2.24, 2.45) is 0 Å². The number of aryl methyl sites for hydroxylation is 2. The van der Waals surface area contributed by atoms with Crippen LogP contribution in [0.4, 0.5) is 20.2 Å². The summed E-state index contributed by atoms with van der Waals surface area (Å²) in [7, 11) is 1.48. The average Bonchev–Trinajstić information content (AvgIpc) is 2.85. The number of benzene rings is 3. The third-order valence-corrected chi connectivity index (χ3v) is 6.05. The Labute approximate surface area is 221 Å². The van der Waals surface area contributed by atoms with Crippen LogP contribution in [0, 0.1) is 25.5 Å². The molecule has 0 bridgehead atoms. The number of nitrogens with one attached hydrogen (secondary N) is 2. The Balaban J connectivity index is 1.68. The number of nitrogens with zero attached hydrogens (tertiary/aromatic N) is 1. The van der Waals surface area contributed by atoms with Crippen LogP contribution in [0.3, 0.4) is 0 Å². The summed E-state index contributed by atoms with van der Waals surface area (Å²) in [6, 6.07) is 12.3. The molecule has 1 unspecified atom stereocenters. The molecule has 10 heteroatoms. The minimum absolute atomic E-state index is 0.0230. The van der Waals surface area contributed by atoms with Gasteiger partial charge in [0, 0.05) is 22.9 Å². The molecule has 0 aliphatic rings. The lowest BCUT2D eigenvalue weighted by Gasteiger charge is -2.20. The topological polar surface area (TPSA) is 87.7 Å². The molecule has 0 spiro atoms. The first-order chi connectivity index (χ1) is 17.5. The SMILES string of the molecule is Cc1cc(Br)cc(C)c1NC(=O)C(C)Oc1ccc(F)cc1C(=O)NCC(=O)N(C)c1ccc(F)cc1. The van der Waals surface area contributed by atoms with Crippen molar-refractivity contribution in [3.05, 3.63) is 87.4 Å². The summed E-state index contributed by atoms with van der Waals surface area (Å²) < 4.78 is 33.7. The number of rotatable bonds is 8. The molecular weight excluding hydrogens is 548 g/mol. The average molecular weight is 574 g/mol. The van der Waals surface area contributed by atoms with E-state index in [2.05, 4.69) is 26.6 Å². The second-order valence-electron chi connectivity index (χ2n) is 8.42. The highest BCUT2D eigenvalue weighted by Gasteiger charge is 2.22. The molecule has 0 radical (unpaired) electrons. The van der Waals surface area contributed by atoms with Crippen LogP contribution in [0.15, 0.2) is 59.1 Å². The van der Waals surface area contributed by atoms with E-state index in [4.69, 9.17) is 4.74 Å². The van der Waals surface area contributed by atoms with Gasteiger partial charge in [0.05, 0.1) is 12.1 Å². The quantitative estimate of drug-likeness (QED) is 0.390. The zero-order valence-corrected chi connectivity index (χ0v) is 22.3. The van der Waals surface area contributed by atoms with Crippen molar-refractivity contribution in [1.29, 1.82) is 0 Å². The zero-order chi connectivity index (χ0) is 27.3. The number of likely N-dealkylation sites (N-methyl/N-ethyl adjacent to an activating group) is 1. The number of anilines is 2. The Morgan fingerprint density at radius 1 is 0.973 bits per heavy atom. The molecule has 0 fully saturated rings. The van der Waals surface area contributed by atoms with Crippen LogP contribution in [0.2, 0.25) is 0 Å². The monoisotopic (exact) mass is 573 g/mol. The lowest BCUT2D eigenvalue weighted by Crippen LogP contribution is -2.38. The molecule has 1 atom stereocenters. The molecule has 0 aliphatic heterocycles. The summed E-state index contributed by atoms with van der Waals surface area (Å²) in [6.45, 7) is 4.82. The highest BCUT2D eigenvalue weighted by atomic mass is 79.9. The van der Waals surface area contributed by atoms with Gasteiger partial charge in [0.1, 0.15) is 17.4 Å². The third-order valence-electron chi connectivity index (χ3n) is 5.59. The van der Waals surface area contributed by atoms with Crippen LogP contribution < -0.4 is 20.3 Å². The first-order valence-corrected chi connectivity index (χ1v) is 12.1. The van der Waals surface area contributed by atoms with Crippen LogP contribution >= 0.6 is 15.9 Å². The van der Waals surface area contributed by atoms with E-state index in [1.54, 1.807) is 0 Å². The Hall–Kier alpha value is -3.79. The maximum Gasteiger partial charge on any atom is 0.265 e. The standard InChI is InChI=1S/C27H26BrF2N3O4/c1-15-11-18(28)12-16(2)25(15)32-26(35)17(3)37-23-10-7-20(30)13-22(23)27(36)31-14-24(34)33(4)21-8-5-19(29)6-9-21/h5-13,17H,14H2,1-4H3,(H,31,36)(H,32,35). The van der Waals surface area contributed by atoms with Gasteiger partial charge in [-0.2, -0.15) is 0 Å². The fourth-order valence-electron chi connectivity index (χ4n) is 3.54. The van der Waals surface area contributed by atoms with Gasteiger partial charge in [-0.05, 0) is 86.5 Å². The number of halogens is 3. The molecule has 3 amide bonds. The minimum Gasteiger partial charge on any atom is -0.480 e. The summed E-state index contributed by atoms with van der Waals surface area (Å²) in [6.07, 6.45) is -1.02. The fourth-order valence-corrected chi connectivity index (χ4v) is 4.22. The predicted molar refractivity (Wildman–Crippen MR) is 141 cm³/mol. The molecule has 37 heavy (non-hydrogen) atoms. The zero-order valence-electron chi connectivity index (χ0n) is 20.7. The van der Waals surface area contributed by atoms with E-state index in [0.717, 1.165) is 27.7 Å². The van der Waals surface area contributed by atoms with Crippen LogP contribution in [0.1, 0.15) is 28.4 Å². The molecule has 0 aliphatic carbocycles. The lowest BCUT2D eigenvalue weighted by atomic mass is 10.1. The molecule has 194 valence electrons. The second-order valence-corrected chi connectivity index (χ2v) is 9.33. The summed E-state index contributed by atoms with van der Waals surface area (Å²) in [5.74, 6) is -2.85. The number of hydrogen-bond acceptors (Lipinski definition) is 4. The van der Waals surface area contributed by atoms with E-state index in [0.29, 0.717) is 11.4 Å². The molecule has 0 heterocycles. The van der Waals surface area contributed by atoms with Crippen molar-refractivity contribution in [1.82, 2.24) is 5.32 Å². The van der Waals surface area contributed by atoms with Gasteiger partial charge in [-0.3, -0.25) is 14.4 Å². The highest BCUT2D eigenvalue weighted by molar-refractivity contribution is 9.10. The van der Waals surface area contributed by atoms with E-state index in [1.807, 2.05) is 26.0 Å². The summed E-state index contributed by atoms with van der Waals surface area (Å²) in [4.78, 5) is 39.4. The van der Waals surface area contributed by atoms with Gasteiger partial charge in [-0.25, -0.2) is 8.78 Å². The molecule has 0 aromatic heterocycles. The van der Waals surface area contributed by atoms with Gasteiger partial charge in [-0.1, -0.05) is 15.9 Å². The van der Waals surface area contributed by atoms with E-state index < -0.39 is 42.0 Å². The van der Waals surface area contributed by atoms with Crippen molar-refractivity contribution in [3.63, 3.8) is 0 Å². The van der Waals surface area contributed by atoms with Gasteiger partial charge in [0.2, 0.25) is 5.91 Å². The second kappa shape index (κ2) is 12.0. The Morgan fingerprint density at radius 2 is 1.57 bits per heavy atom. The molecule has 0 saturated carbocycles. The van der Waals surface area contributed by atoms with E-state index >= 15 is 0 Å². The first kappa shape index (κ1) is 27.8. The highest BCUT2D eigenvalue weighted by Crippen LogP contribution is 2.26. The van der Waals surface area contributed by atoms with E-state index in [1.165, 1.54) is 49.2 Å². The first-order valence-electron chi connectivity index (χ1n) is 11.3.